The first-order valence-corrected chi connectivity index (χ1v) is 8.90. The predicted molar refractivity (Wildman–Crippen MR) is 93.1 cm³/mol. The molecule has 2 aliphatic heterocycles. The zero-order valence-electron chi connectivity index (χ0n) is 13.9. The molecule has 2 fully saturated rings. The number of halogens is 1. The fourth-order valence-corrected chi connectivity index (χ4v) is 3.57. The van der Waals surface area contributed by atoms with Gasteiger partial charge in [0, 0.05) is 36.3 Å². The number of nitrogens with zero attached hydrogens (tertiary/aromatic N) is 1. The molecule has 6 heteroatoms. The Kier molecular flexibility index (Phi) is 5.41. The molecule has 1 unspecified atom stereocenters. The summed E-state index contributed by atoms with van der Waals surface area (Å²) in [4.78, 5) is 26.6. The lowest BCUT2D eigenvalue weighted by molar-refractivity contribution is -0.143. The SMILES string of the molecule is Cc1cc(Cl)ccc1NC(=O)C1CCN(C(=O)C2CCCO2)CC1. The molecule has 2 heterocycles. The van der Waals surface area contributed by atoms with Crippen LogP contribution in [0.15, 0.2) is 18.2 Å². The van der Waals surface area contributed by atoms with Gasteiger partial charge in [-0.05, 0) is 56.4 Å². The highest BCUT2D eigenvalue weighted by Gasteiger charge is 2.32. The number of nitrogens with one attached hydrogen (secondary N) is 1. The van der Waals surface area contributed by atoms with Gasteiger partial charge in [0.15, 0.2) is 0 Å². The fraction of sp³-hybridized carbons (Fsp3) is 0.556. The minimum absolute atomic E-state index is 0.0182. The Morgan fingerprint density at radius 1 is 1.25 bits per heavy atom. The molecule has 2 aliphatic rings. The summed E-state index contributed by atoms with van der Waals surface area (Å²) in [5, 5.41) is 3.64. The van der Waals surface area contributed by atoms with E-state index in [1.54, 1.807) is 6.07 Å². The molecule has 1 aromatic rings. The van der Waals surface area contributed by atoms with E-state index in [2.05, 4.69) is 5.32 Å². The quantitative estimate of drug-likeness (QED) is 0.911. The molecule has 0 bridgehead atoms. The van der Waals surface area contributed by atoms with Crippen LogP contribution in [0.25, 0.3) is 0 Å². The van der Waals surface area contributed by atoms with E-state index in [0.717, 1.165) is 24.1 Å². The van der Waals surface area contributed by atoms with Crippen LogP contribution in [-0.4, -0.2) is 42.5 Å². The average Bonchev–Trinajstić information content (AvgIpc) is 3.11. The van der Waals surface area contributed by atoms with Gasteiger partial charge < -0.3 is 15.0 Å². The molecule has 0 aliphatic carbocycles. The standard InChI is InChI=1S/C18H23ClN2O3/c1-12-11-14(19)4-5-15(12)20-17(22)13-6-8-21(9-7-13)18(23)16-3-2-10-24-16/h4-5,11,13,16H,2-3,6-10H2,1H3,(H,20,22). The van der Waals surface area contributed by atoms with Crippen molar-refractivity contribution in [3.8, 4) is 0 Å². The Bertz CT molecular complexity index is 621. The number of hydrogen-bond acceptors (Lipinski definition) is 3. The molecule has 0 radical (unpaired) electrons. The molecule has 0 aromatic heterocycles. The smallest absolute Gasteiger partial charge is 0.251 e. The van der Waals surface area contributed by atoms with Gasteiger partial charge in [-0.15, -0.1) is 0 Å². The van der Waals surface area contributed by atoms with Crippen LogP contribution in [0.5, 0.6) is 0 Å². The van der Waals surface area contributed by atoms with Crippen LogP contribution in [0.2, 0.25) is 5.02 Å². The molecule has 2 amide bonds. The van der Waals surface area contributed by atoms with E-state index in [1.807, 2.05) is 24.0 Å². The minimum Gasteiger partial charge on any atom is -0.368 e. The van der Waals surface area contributed by atoms with E-state index >= 15 is 0 Å². The first kappa shape index (κ1) is 17.2. The number of carbonyl (C=O) groups is 2. The maximum atomic E-state index is 12.5. The van der Waals surface area contributed by atoms with Gasteiger partial charge in [0.2, 0.25) is 5.91 Å². The molecule has 3 rings (SSSR count). The fourth-order valence-electron chi connectivity index (χ4n) is 3.34. The summed E-state index contributed by atoms with van der Waals surface area (Å²) in [6, 6.07) is 5.43. The van der Waals surface area contributed by atoms with E-state index in [4.69, 9.17) is 16.3 Å². The van der Waals surface area contributed by atoms with Gasteiger partial charge in [-0.1, -0.05) is 11.6 Å². The largest absolute Gasteiger partial charge is 0.368 e. The molecule has 130 valence electrons. The van der Waals surface area contributed by atoms with Crippen molar-refractivity contribution in [3.05, 3.63) is 28.8 Å². The van der Waals surface area contributed by atoms with Crippen LogP contribution in [0.4, 0.5) is 5.69 Å². The Morgan fingerprint density at radius 2 is 2.00 bits per heavy atom. The number of likely N-dealkylation sites (tertiary alicyclic amines) is 1. The second-order valence-electron chi connectivity index (χ2n) is 6.55. The monoisotopic (exact) mass is 350 g/mol. The van der Waals surface area contributed by atoms with Gasteiger partial charge in [0.1, 0.15) is 6.10 Å². The van der Waals surface area contributed by atoms with Crippen molar-refractivity contribution in [1.82, 2.24) is 4.90 Å². The van der Waals surface area contributed by atoms with Crippen LogP contribution >= 0.6 is 11.6 Å². The number of piperidine rings is 1. The molecule has 1 N–H and O–H groups in total. The summed E-state index contributed by atoms with van der Waals surface area (Å²) in [7, 11) is 0. The molecular weight excluding hydrogens is 328 g/mol. The number of aryl methyl sites for hydroxylation is 1. The highest BCUT2D eigenvalue weighted by Crippen LogP contribution is 2.24. The normalized spacial score (nSPS) is 21.8. The lowest BCUT2D eigenvalue weighted by atomic mass is 9.95. The molecule has 0 saturated carbocycles. The van der Waals surface area contributed by atoms with Crippen molar-refractivity contribution >= 4 is 29.1 Å². The maximum absolute atomic E-state index is 12.5. The topological polar surface area (TPSA) is 58.6 Å². The zero-order valence-corrected chi connectivity index (χ0v) is 14.6. The molecular formula is C18H23ClN2O3. The summed E-state index contributed by atoms with van der Waals surface area (Å²) in [5.74, 6) is 0.0400. The molecule has 2 saturated heterocycles. The third kappa shape index (κ3) is 3.90. The van der Waals surface area contributed by atoms with Crippen LogP contribution in [0.1, 0.15) is 31.2 Å². The van der Waals surface area contributed by atoms with Crippen molar-refractivity contribution in [2.45, 2.75) is 38.7 Å². The number of amides is 2. The Hall–Kier alpha value is -1.59. The Morgan fingerprint density at radius 3 is 2.62 bits per heavy atom. The summed E-state index contributed by atoms with van der Waals surface area (Å²) in [6.45, 7) is 3.84. The second kappa shape index (κ2) is 7.53. The highest BCUT2D eigenvalue weighted by molar-refractivity contribution is 6.30. The predicted octanol–water partition coefficient (Wildman–Crippen LogP) is 3.00. The Labute approximate surface area is 147 Å². The summed E-state index contributed by atoms with van der Waals surface area (Å²) in [5.41, 5.74) is 1.74. The molecule has 24 heavy (non-hydrogen) atoms. The number of hydrogen-bond donors (Lipinski definition) is 1. The lowest BCUT2D eigenvalue weighted by Crippen LogP contribution is -2.45. The van der Waals surface area contributed by atoms with E-state index in [9.17, 15) is 9.59 Å². The average molecular weight is 351 g/mol. The first-order chi connectivity index (χ1) is 11.5. The highest BCUT2D eigenvalue weighted by atomic mass is 35.5. The summed E-state index contributed by atoms with van der Waals surface area (Å²) < 4.78 is 5.46. The van der Waals surface area contributed by atoms with Crippen LogP contribution in [0, 0.1) is 12.8 Å². The number of anilines is 1. The third-order valence-corrected chi connectivity index (χ3v) is 5.06. The molecule has 1 aromatic carbocycles. The van der Waals surface area contributed by atoms with Gasteiger partial charge in [-0.2, -0.15) is 0 Å². The van der Waals surface area contributed by atoms with E-state index < -0.39 is 0 Å². The van der Waals surface area contributed by atoms with E-state index in [0.29, 0.717) is 37.6 Å². The van der Waals surface area contributed by atoms with Gasteiger partial charge in [0.05, 0.1) is 0 Å². The minimum atomic E-state index is -0.271. The van der Waals surface area contributed by atoms with E-state index in [1.165, 1.54) is 0 Å². The van der Waals surface area contributed by atoms with E-state index in [-0.39, 0.29) is 23.8 Å². The maximum Gasteiger partial charge on any atom is 0.251 e. The lowest BCUT2D eigenvalue weighted by Gasteiger charge is -2.32. The molecule has 0 spiro atoms. The van der Waals surface area contributed by atoms with Crippen molar-refractivity contribution in [2.24, 2.45) is 5.92 Å². The van der Waals surface area contributed by atoms with Gasteiger partial charge >= 0.3 is 0 Å². The van der Waals surface area contributed by atoms with Crippen molar-refractivity contribution in [3.63, 3.8) is 0 Å². The number of rotatable bonds is 3. The van der Waals surface area contributed by atoms with Crippen molar-refractivity contribution in [2.75, 3.05) is 25.0 Å². The molecule has 5 nitrogen and oxygen atoms in total. The summed E-state index contributed by atoms with van der Waals surface area (Å²) >= 11 is 5.94. The van der Waals surface area contributed by atoms with Gasteiger partial charge in [-0.25, -0.2) is 0 Å². The first-order valence-electron chi connectivity index (χ1n) is 8.52. The number of benzene rings is 1. The van der Waals surface area contributed by atoms with Crippen molar-refractivity contribution in [1.29, 1.82) is 0 Å². The number of ether oxygens (including phenoxy) is 1. The van der Waals surface area contributed by atoms with Crippen LogP contribution in [-0.2, 0) is 14.3 Å². The Balaban J connectivity index is 1.52. The van der Waals surface area contributed by atoms with Gasteiger partial charge in [0.25, 0.3) is 5.91 Å². The zero-order chi connectivity index (χ0) is 17.1. The summed E-state index contributed by atoms with van der Waals surface area (Å²) in [6.07, 6.45) is 2.88. The number of carbonyl (C=O) groups excluding carboxylic acids is 2. The van der Waals surface area contributed by atoms with Gasteiger partial charge in [-0.3, -0.25) is 9.59 Å². The second-order valence-corrected chi connectivity index (χ2v) is 6.99. The molecule has 1 atom stereocenters. The third-order valence-electron chi connectivity index (χ3n) is 4.83. The van der Waals surface area contributed by atoms with Crippen LogP contribution < -0.4 is 5.32 Å². The van der Waals surface area contributed by atoms with Crippen LogP contribution in [0.3, 0.4) is 0 Å². The van der Waals surface area contributed by atoms with Crippen molar-refractivity contribution < 1.29 is 14.3 Å².